The standard InChI is InChI=1S/C25H42N2O4/c1-18-14-19(2)25(20(3)15-18,16-30-23(28)26-21-10-6-4-7-11-21)17-31-24(29)27-22-12-8-5-9-13-22/h14,19-22H,4-13,15-17H2,1-3H3,(H,26,28)(H,27,29)/t19-,20+/m1/s1. The van der Waals surface area contributed by atoms with E-state index in [0.29, 0.717) is 0 Å². The van der Waals surface area contributed by atoms with Gasteiger partial charge in [0.25, 0.3) is 0 Å². The molecule has 0 aromatic rings. The van der Waals surface area contributed by atoms with E-state index in [1.165, 1.54) is 18.4 Å². The highest BCUT2D eigenvalue weighted by Crippen LogP contribution is 2.45. The summed E-state index contributed by atoms with van der Waals surface area (Å²) in [6.45, 7) is 6.98. The van der Waals surface area contributed by atoms with E-state index in [9.17, 15) is 9.59 Å². The third-order valence-electron chi connectivity index (χ3n) is 7.85. The van der Waals surface area contributed by atoms with Crippen LogP contribution in [0.1, 0.15) is 91.4 Å². The first kappa shape index (κ1) is 23.9. The van der Waals surface area contributed by atoms with Crippen molar-refractivity contribution >= 4 is 12.2 Å². The maximum Gasteiger partial charge on any atom is 0.407 e. The number of carbonyl (C=O) groups is 2. The molecule has 6 heteroatoms. The molecule has 6 nitrogen and oxygen atoms in total. The van der Waals surface area contributed by atoms with Crippen LogP contribution < -0.4 is 10.6 Å². The number of hydrogen-bond acceptors (Lipinski definition) is 4. The molecule has 176 valence electrons. The van der Waals surface area contributed by atoms with Crippen LogP contribution in [-0.2, 0) is 9.47 Å². The van der Waals surface area contributed by atoms with E-state index in [0.717, 1.165) is 57.8 Å². The molecule has 3 aliphatic rings. The van der Waals surface area contributed by atoms with E-state index in [1.54, 1.807) is 0 Å². The second-order valence-electron chi connectivity index (χ2n) is 10.3. The lowest BCUT2D eigenvalue weighted by Gasteiger charge is -2.45. The first-order valence-electron chi connectivity index (χ1n) is 12.4. The lowest BCUT2D eigenvalue weighted by molar-refractivity contribution is -0.0372. The molecule has 2 N–H and O–H groups in total. The summed E-state index contributed by atoms with van der Waals surface area (Å²) >= 11 is 0. The number of nitrogens with one attached hydrogen (secondary N) is 2. The Balaban J connectivity index is 1.58. The van der Waals surface area contributed by atoms with Crippen molar-refractivity contribution in [1.82, 2.24) is 10.6 Å². The van der Waals surface area contributed by atoms with Crippen LogP contribution in [0.5, 0.6) is 0 Å². The van der Waals surface area contributed by atoms with Crippen LogP contribution >= 0.6 is 0 Å². The van der Waals surface area contributed by atoms with Crippen molar-refractivity contribution in [3.63, 3.8) is 0 Å². The van der Waals surface area contributed by atoms with E-state index < -0.39 is 5.41 Å². The molecule has 0 saturated heterocycles. The Labute approximate surface area is 187 Å². The summed E-state index contributed by atoms with van der Waals surface area (Å²) in [5.74, 6) is 0.402. The molecule has 2 saturated carbocycles. The summed E-state index contributed by atoms with van der Waals surface area (Å²) in [6.07, 6.45) is 13.7. The maximum absolute atomic E-state index is 12.5. The number of alkyl carbamates (subject to hydrolysis) is 2. The highest BCUT2D eigenvalue weighted by Gasteiger charge is 2.45. The Bertz CT molecular complexity index is 599. The smallest absolute Gasteiger partial charge is 0.407 e. The summed E-state index contributed by atoms with van der Waals surface area (Å²) in [5, 5.41) is 6.07. The Morgan fingerprint density at radius 1 is 0.871 bits per heavy atom. The van der Waals surface area contributed by atoms with Crippen molar-refractivity contribution < 1.29 is 19.1 Å². The molecule has 0 spiro atoms. The van der Waals surface area contributed by atoms with Crippen molar-refractivity contribution in [2.45, 2.75) is 103 Å². The minimum absolute atomic E-state index is 0.154. The van der Waals surface area contributed by atoms with Gasteiger partial charge in [0.05, 0.1) is 0 Å². The van der Waals surface area contributed by atoms with Gasteiger partial charge in [0.2, 0.25) is 0 Å². The second-order valence-corrected chi connectivity index (χ2v) is 10.3. The zero-order valence-electron chi connectivity index (χ0n) is 19.7. The van der Waals surface area contributed by atoms with Crippen LogP contribution in [-0.4, -0.2) is 37.5 Å². The minimum atomic E-state index is -0.409. The third-order valence-corrected chi connectivity index (χ3v) is 7.85. The fraction of sp³-hybridized carbons (Fsp3) is 0.840. The van der Waals surface area contributed by atoms with Crippen LogP contribution in [0, 0.1) is 17.3 Å². The molecule has 0 radical (unpaired) electrons. The van der Waals surface area contributed by atoms with Gasteiger partial charge in [0, 0.05) is 17.5 Å². The number of amides is 2. The number of rotatable bonds is 6. The largest absolute Gasteiger partial charge is 0.449 e. The van der Waals surface area contributed by atoms with Gasteiger partial charge >= 0.3 is 12.2 Å². The van der Waals surface area contributed by atoms with E-state index in [2.05, 4.69) is 37.5 Å². The quantitative estimate of drug-likeness (QED) is 0.525. The average molecular weight is 435 g/mol. The molecule has 2 atom stereocenters. The zero-order valence-corrected chi connectivity index (χ0v) is 19.7. The van der Waals surface area contributed by atoms with Crippen LogP contribution in [0.4, 0.5) is 9.59 Å². The molecular weight excluding hydrogens is 392 g/mol. The summed E-state index contributed by atoms with van der Waals surface area (Å²) < 4.78 is 11.5. The molecule has 3 aliphatic carbocycles. The van der Waals surface area contributed by atoms with Gasteiger partial charge in [-0.25, -0.2) is 9.59 Å². The summed E-state index contributed by atoms with van der Waals surface area (Å²) in [5.41, 5.74) is 0.932. The lowest BCUT2D eigenvalue weighted by atomic mass is 9.63. The first-order valence-corrected chi connectivity index (χ1v) is 12.4. The predicted molar refractivity (Wildman–Crippen MR) is 122 cm³/mol. The molecule has 0 aliphatic heterocycles. The van der Waals surface area contributed by atoms with Crippen molar-refractivity contribution in [3.05, 3.63) is 11.6 Å². The minimum Gasteiger partial charge on any atom is -0.449 e. The number of allylic oxidation sites excluding steroid dienone is 2. The Kier molecular flexibility index (Phi) is 8.67. The third kappa shape index (κ3) is 6.63. The van der Waals surface area contributed by atoms with Crippen LogP contribution in [0.3, 0.4) is 0 Å². The van der Waals surface area contributed by atoms with Crippen molar-refractivity contribution in [3.8, 4) is 0 Å². The highest BCUT2D eigenvalue weighted by molar-refractivity contribution is 5.68. The van der Waals surface area contributed by atoms with E-state index >= 15 is 0 Å². The zero-order chi connectivity index (χ0) is 22.3. The summed E-state index contributed by atoms with van der Waals surface area (Å²) in [7, 11) is 0. The normalized spacial score (nSPS) is 27.1. The molecular formula is C25H42N2O4. The van der Waals surface area contributed by atoms with Gasteiger partial charge in [-0.05, 0) is 50.9 Å². The van der Waals surface area contributed by atoms with E-state index in [1.807, 2.05) is 0 Å². The van der Waals surface area contributed by atoms with Gasteiger partial charge < -0.3 is 20.1 Å². The van der Waals surface area contributed by atoms with Gasteiger partial charge in [0.1, 0.15) is 13.2 Å². The van der Waals surface area contributed by atoms with Crippen molar-refractivity contribution in [2.24, 2.45) is 17.3 Å². The molecule has 2 fully saturated rings. The monoisotopic (exact) mass is 434 g/mol. The Morgan fingerprint density at radius 3 is 1.74 bits per heavy atom. The van der Waals surface area contributed by atoms with Gasteiger partial charge in [-0.1, -0.05) is 64.0 Å². The SMILES string of the molecule is CC1=C[C@@H](C)C(COC(=O)NC2CCCCC2)(COC(=O)NC2CCCCC2)[C@@H](C)C1. The fourth-order valence-corrected chi connectivity index (χ4v) is 5.70. The summed E-state index contributed by atoms with van der Waals surface area (Å²) in [6, 6.07) is 0.441. The molecule has 0 heterocycles. The molecule has 0 unspecified atom stereocenters. The number of hydrogen-bond donors (Lipinski definition) is 2. The van der Waals surface area contributed by atoms with Gasteiger partial charge in [0.15, 0.2) is 0 Å². The molecule has 31 heavy (non-hydrogen) atoms. The van der Waals surface area contributed by atoms with E-state index in [4.69, 9.17) is 9.47 Å². The van der Waals surface area contributed by atoms with Crippen LogP contribution in [0.15, 0.2) is 11.6 Å². The fourth-order valence-electron chi connectivity index (χ4n) is 5.70. The molecule has 3 rings (SSSR count). The van der Waals surface area contributed by atoms with Crippen molar-refractivity contribution in [2.75, 3.05) is 13.2 Å². The number of ether oxygens (including phenoxy) is 2. The van der Waals surface area contributed by atoms with Gasteiger partial charge in [-0.15, -0.1) is 0 Å². The Morgan fingerprint density at radius 2 is 1.32 bits per heavy atom. The van der Waals surface area contributed by atoms with E-state index in [-0.39, 0.29) is 49.3 Å². The molecule has 0 aromatic heterocycles. The van der Waals surface area contributed by atoms with Crippen LogP contribution in [0.25, 0.3) is 0 Å². The molecule has 2 amide bonds. The second kappa shape index (κ2) is 11.2. The lowest BCUT2D eigenvalue weighted by Crippen LogP contribution is -2.49. The molecule has 0 aromatic carbocycles. The molecule has 0 bridgehead atoms. The predicted octanol–water partition coefficient (Wildman–Crippen LogP) is 5.71. The Hall–Kier alpha value is -1.72. The highest BCUT2D eigenvalue weighted by atomic mass is 16.6. The first-order chi connectivity index (χ1) is 14.9. The van der Waals surface area contributed by atoms with Crippen LogP contribution in [0.2, 0.25) is 0 Å². The van der Waals surface area contributed by atoms with Gasteiger partial charge in [-0.3, -0.25) is 0 Å². The van der Waals surface area contributed by atoms with Gasteiger partial charge in [-0.2, -0.15) is 0 Å². The average Bonchev–Trinajstić information content (AvgIpc) is 2.74. The van der Waals surface area contributed by atoms with Crippen molar-refractivity contribution in [1.29, 1.82) is 0 Å². The number of carbonyl (C=O) groups excluding carboxylic acids is 2. The topological polar surface area (TPSA) is 76.7 Å². The summed E-state index contributed by atoms with van der Waals surface area (Å²) in [4.78, 5) is 25.0. The maximum atomic E-state index is 12.5.